The van der Waals surface area contributed by atoms with Crippen LogP contribution in [-0.4, -0.2) is 5.11 Å². The Morgan fingerprint density at radius 3 is 1.75 bits per heavy atom. The summed E-state index contributed by atoms with van der Waals surface area (Å²) in [7, 11) is 0. The number of aliphatic hydroxyl groups excluding tert-OH is 1. The van der Waals surface area contributed by atoms with Crippen molar-refractivity contribution in [2.75, 3.05) is 0 Å². The summed E-state index contributed by atoms with van der Waals surface area (Å²) in [5.41, 5.74) is 4.79. The van der Waals surface area contributed by atoms with Gasteiger partial charge in [0, 0.05) is 11.5 Å². The van der Waals surface area contributed by atoms with Crippen LogP contribution in [0.1, 0.15) is 31.7 Å². The lowest BCUT2D eigenvalue weighted by molar-refractivity contribution is 0.144. The van der Waals surface area contributed by atoms with Gasteiger partial charge in [-0.05, 0) is 43.0 Å². The fraction of sp³-hybridized carbons (Fsp3) is 0.154. The van der Waals surface area contributed by atoms with Gasteiger partial charge in [-0.1, -0.05) is 91.0 Å². The van der Waals surface area contributed by atoms with Gasteiger partial charge in [0.25, 0.3) is 5.95 Å². The average molecular weight is 370 g/mol. The number of allylic oxidation sites excluding steroid dienone is 3. The van der Waals surface area contributed by atoms with Crippen LogP contribution in [0.5, 0.6) is 0 Å². The fourth-order valence-electron chi connectivity index (χ4n) is 2.94. The van der Waals surface area contributed by atoms with E-state index in [1.165, 1.54) is 16.7 Å². The molecule has 1 aliphatic carbocycles. The van der Waals surface area contributed by atoms with Crippen LogP contribution >= 0.6 is 0 Å². The molecule has 1 N–H and O–H groups in total. The minimum absolute atomic E-state index is 0.0736. The van der Waals surface area contributed by atoms with E-state index >= 15 is 0 Å². The van der Waals surface area contributed by atoms with Gasteiger partial charge in [-0.25, -0.2) is 0 Å². The Kier molecular flexibility index (Phi) is 6.69. The number of aliphatic hydroxyl groups is 1. The highest BCUT2D eigenvalue weighted by molar-refractivity contribution is 5.62. The molecule has 1 saturated carbocycles. The molecule has 3 aromatic rings. The molecule has 2 nitrogen and oxygen atoms in total. The fourth-order valence-corrected chi connectivity index (χ4v) is 2.94. The Labute approximate surface area is 167 Å². The summed E-state index contributed by atoms with van der Waals surface area (Å²) in [5, 5.41) is 9.74. The van der Waals surface area contributed by atoms with Gasteiger partial charge in [0.05, 0.1) is 0 Å². The van der Waals surface area contributed by atoms with E-state index in [0.717, 1.165) is 17.8 Å². The molecule has 0 bridgehead atoms. The molecule has 0 amide bonds. The summed E-state index contributed by atoms with van der Waals surface area (Å²) in [6.45, 7) is 3.71. The van der Waals surface area contributed by atoms with E-state index in [0.29, 0.717) is 5.92 Å². The van der Waals surface area contributed by atoms with Gasteiger partial charge in [-0.3, -0.25) is 0 Å². The smallest absolute Gasteiger partial charge is 0.281 e. The third-order valence-electron chi connectivity index (χ3n) is 4.71. The monoisotopic (exact) mass is 370 g/mol. The van der Waals surface area contributed by atoms with Gasteiger partial charge in [-0.15, -0.1) is 0 Å². The first-order valence-electron chi connectivity index (χ1n) is 9.57. The maximum Gasteiger partial charge on any atom is 0.281 e. The zero-order valence-corrected chi connectivity index (χ0v) is 16.4. The van der Waals surface area contributed by atoms with Crippen LogP contribution in [0.25, 0.3) is 11.1 Å². The molecule has 1 aliphatic rings. The minimum atomic E-state index is 0.0736. The molecular weight excluding hydrogens is 344 g/mol. The lowest BCUT2D eigenvalue weighted by atomic mass is 10.1. The van der Waals surface area contributed by atoms with E-state index in [4.69, 9.17) is 4.74 Å². The van der Waals surface area contributed by atoms with E-state index in [-0.39, 0.29) is 5.95 Å². The normalized spacial score (nSPS) is 17.2. The molecule has 0 radical (unpaired) electrons. The molecule has 0 spiro atoms. The zero-order chi connectivity index (χ0) is 19.8. The van der Waals surface area contributed by atoms with Crippen molar-refractivity contribution in [2.24, 2.45) is 0 Å². The Morgan fingerprint density at radius 2 is 1.29 bits per heavy atom. The number of hydrogen-bond donors (Lipinski definition) is 1. The molecule has 0 saturated heterocycles. The van der Waals surface area contributed by atoms with Crippen LogP contribution in [0, 0.1) is 0 Å². The predicted molar refractivity (Wildman–Crippen MR) is 116 cm³/mol. The van der Waals surface area contributed by atoms with Gasteiger partial charge >= 0.3 is 0 Å². The molecule has 4 rings (SSSR count). The van der Waals surface area contributed by atoms with Crippen LogP contribution in [0.3, 0.4) is 0 Å². The van der Waals surface area contributed by atoms with Crippen molar-refractivity contribution < 1.29 is 9.84 Å². The van der Waals surface area contributed by atoms with E-state index in [1.54, 1.807) is 0 Å². The third-order valence-corrected chi connectivity index (χ3v) is 4.71. The van der Waals surface area contributed by atoms with E-state index in [1.807, 2.05) is 50.3 Å². The first kappa shape index (κ1) is 19.5. The Bertz CT molecular complexity index is 888. The van der Waals surface area contributed by atoms with E-state index < -0.39 is 0 Å². The van der Waals surface area contributed by atoms with Gasteiger partial charge < -0.3 is 9.84 Å². The Balaban J connectivity index is 0.000000167. The summed E-state index contributed by atoms with van der Waals surface area (Å²) in [4.78, 5) is 0. The van der Waals surface area contributed by atoms with Gasteiger partial charge in [0.2, 0.25) is 0 Å². The van der Waals surface area contributed by atoms with Gasteiger partial charge in [-0.2, -0.15) is 0 Å². The highest BCUT2D eigenvalue weighted by atomic mass is 16.6. The number of ether oxygens (including phenoxy) is 1. The van der Waals surface area contributed by atoms with Crippen LogP contribution in [0.15, 0.2) is 114 Å². The summed E-state index contributed by atoms with van der Waals surface area (Å²) in [5.74, 6) is 1.14. The molecule has 3 aromatic carbocycles. The lowest BCUT2D eigenvalue weighted by Gasteiger charge is -2.03. The summed E-state index contributed by atoms with van der Waals surface area (Å²) in [6.07, 6.45) is 2.73. The van der Waals surface area contributed by atoms with Crippen LogP contribution < -0.4 is 0 Å². The second kappa shape index (κ2) is 9.61. The molecule has 0 aliphatic heterocycles. The summed E-state index contributed by atoms with van der Waals surface area (Å²) in [6, 6.07) is 31.0. The average Bonchev–Trinajstić information content (AvgIpc) is 3.57. The summed E-state index contributed by atoms with van der Waals surface area (Å²) < 4.78 is 5.27. The number of hydrogen-bond acceptors (Lipinski definition) is 2. The Morgan fingerprint density at radius 1 is 0.821 bits per heavy atom. The highest BCUT2D eigenvalue weighted by Crippen LogP contribution is 2.48. The quantitative estimate of drug-likeness (QED) is 0.491. The molecule has 2 heteroatoms. The van der Waals surface area contributed by atoms with Crippen LogP contribution in [-0.2, 0) is 4.74 Å². The van der Waals surface area contributed by atoms with Crippen molar-refractivity contribution in [3.8, 4) is 11.1 Å². The maximum atomic E-state index is 9.74. The third kappa shape index (κ3) is 5.37. The molecule has 1 fully saturated rings. The van der Waals surface area contributed by atoms with Crippen molar-refractivity contribution in [1.29, 1.82) is 0 Å². The standard InChI is InChI=1S/C14H16O2.C12H10/c1-3-10(2)16-14(15)13-9-12(13)11-7-5-4-6-8-11;1-3-7-11(8-4-1)12-9-5-2-6-10-12/h3-8,12,15H,9H2,1-2H3;1-10H/b10-3?,14-13-;. The highest BCUT2D eigenvalue weighted by Gasteiger charge is 2.36. The topological polar surface area (TPSA) is 29.5 Å². The lowest BCUT2D eigenvalue weighted by Crippen LogP contribution is -1.89. The van der Waals surface area contributed by atoms with Crippen molar-refractivity contribution in [2.45, 2.75) is 26.2 Å². The van der Waals surface area contributed by atoms with E-state index in [9.17, 15) is 5.11 Å². The van der Waals surface area contributed by atoms with Crippen LogP contribution in [0.2, 0.25) is 0 Å². The molecule has 0 aromatic heterocycles. The van der Waals surface area contributed by atoms with Crippen molar-refractivity contribution >= 4 is 0 Å². The second-order valence-electron chi connectivity index (χ2n) is 6.73. The molecule has 1 unspecified atom stereocenters. The van der Waals surface area contributed by atoms with Crippen molar-refractivity contribution in [1.82, 2.24) is 0 Å². The molecule has 28 heavy (non-hydrogen) atoms. The Hall–Kier alpha value is -3.26. The SMILES string of the molecule is CC=C(C)O/C(O)=C1/CC1c1ccccc1.c1ccc(-c2ccccc2)cc1. The van der Waals surface area contributed by atoms with Crippen molar-refractivity contribution in [3.63, 3.8) is 0 Å². The van der Waals surface area contributed by atoms with Crippen molar-refractivity contribution in [3.05, 3.63) is 120 Å². The van der Waals surface area contributed by atoms with Crippen LogP contribution in [0.4, 0.5) is 0 Å². The zero-order valence-electron chi connectivity index (χ0n) is 16.4. The second-order valence-corrected chi connectivity index (χ2v) is 6.73. The molecule has 1 atom stereocenters. The molecule has 142 valence electrons. The first-order chi connectivity index (χ1) is 13.7. The predicted octanol–water partition coefficient (Wildman–Crippen LogP) is 7.24. The summed E-state index contributed by atoms with van der Waals surface area (Å²) >= 11 is 0. The number of benzene rings is 3. The maximum absolute atomic E-state index is 9.74. The largest absolute Gasteiger partial charge is 0.481 e. The van der Waals surface area contributed by atoms with E-state index in [2.05, 4.69) is 60.7 Å². The number of rotatable bonds is 4. The van der Waals surface area contributed by atoms with Gasteiger partial charge in [0.15, 0.2) is 0 Å². The molecule has 0 heterocycles. The molecular formula is C26H26O2. The first-order valence-corrected chi connectivity index (χ1v) is 9.57. The van der Waals surface area contributed by atoms with Gasteiger partial charge in [0.1, 0.15) is 5.76 Å². The minimum Gasteiger partial charge on any atom is -0.481 e.